The summed E-state index contributed by atoms with van der Waals surface area (Å²) in [5.74, 6) is -0.0992. The van der Waals surface area contributed by atoms with Crippen molar-refractivity contribution in [3.05, 3.63) is 64.1 Å². The van der Waals surface area contributed by atoms with E-state index in [1.165, 1.54) is 5.56 Å². The highest BCUT2D eigenvalue weighted by molar-refractivity contribution is 9.10. The summed E-state index contributed by atoms with van der Waals surface area (Å²) in [6.07, 6.45) is 0. The van der Waals surface area contributed by atoms with Gasteiger partial charge in [-0.3, -0.25) is 4.79 Å². The molecule has 2 aromatic rings. The quantitative estimate of drug-likeness (QED) is 0.924. The molecular weight excluding hydrogens is 316 g/mol. The lowest BCUT2D eigenvalue weighted by atomic mass is 10.2. The summed E-state index contributed by atoms with van der Waals surface area (Å²) in [6.45, 7) is 0.890. The molecule has 2 aromatic carbocycles. The first-order valence-electron chi connectivity index (χ1n) is 6.35. The predicted octanol–water partition coefficient (Wildman–Crippen LogP) is 3.76. The molecule has 1 N–H and O–H groups in total. The zero-order valence-corrected chi connectivity index (χ0v) is 13.1. The van der Waals surface area contributed by atoms with Crippen molar-refractivity contribution in [3.63, 3.8) is 0 Å². The van der Waals surface area contributed by atoms with E-state index in [4.69, 9.17) is 0 Å². The van der Waals surface area contributed by atoms with Gasteiger partial charge in [-0.15, -0.1) is 0 Å². The minimum Gasteiger partial charge on any atom is -0.322 e. The molecule has 0 fully saturated rings. The topological polar surface area (TPSA) is 32.3 Å². The monoisotopic (exact) mass is 332 g/mol. The van der Waals surface area contributed by atoms with Crippen LogP contribution in [0, 0.1) is 0 Å². The number of amides is 1. The maximum Gasteiger partial charge on any atom is 0.255 e. The summed E-state index contributed by atoms with van der Waals surface area (Å²) < 4.78 is 0.960. The van der Waals surface area contributed by atoms with E-state index in [1.54, 1.807) is 12.1 Å². The average Bonchev–Trinajstić information content (AvgIpc) is 2.41. The number of carbonyl (C=O) groups excluding carboxylic acids is 1. The molecule has 104 valence electrons. The molecule has 0 radical (unpaired) electrons. The van der Waals surface area contributed by atoms with Crippen molar-refractivity contribution >= 4 is 27.5 Å². The predicted molar refractivity (Wildman–Crippen MR) is 85.9 cm³/mol. The van der Waals surface area contributed by atoms with Gasteiger partial charge in [0.1, 0.15) is 0 Å². The van der Waals surface area contributed by atoms with E-state index in [-0.39, 0.29) is 5.91 Å². The molecule has 20 heavy (non-hydrogen) atoms. The number of hydrogen-bond acceptors (Lipinski definition) is 2. The maximum absolute atomic E-state index is 12.1. The molecule has 0 aliphatic heterocycles. The van der Waals surface area contributed by atoms with E-state index in [0.717, 1.165) is 16.7 Å². The van der Waals surface area contributed by atoms with Crippen molar-refractivity contribution in [2.45, 2.75) is 6.54 Å². The minimum absolute atomic E-state index is 0.0992. The van der Waals surface area contributed by atoms with Crippen LogP contribution >= 0.6 is 15.9 Å². The van der Waals surface area contributed by atoms with Gasteiger partial charge < -0.3 is 10.2 Å². The second kappa shape index (κ2) is 6.68. The lowest BCUT2D eigenvalue weighted by Crippen LogP contribution is -2.12. The van der Waals surface area contributed by atoms with Gasteiger partial charge in [-0.1, -0.05) is 28.1 Å². The van der Waals surface area contributed by atoms with Gasteiger partial charge in [-0.05, 0) is 56.1 Å². The number of nitrogens with zero attached hydrogens (tertiary/aromatic N) is 1. The SMILES string of the molecule is CN(C)Cc1ccc(NC(=O)c2ccc(Br)cc2)cc1. The molecule has 0 spiro atoms. The molecule has 0 aromatic heterocycles. The molecule has 4 heteroatoms. The molecule has 0 bridgehead atoms. The van der Waals surface area contributed by atoms with Crippen LogP contribution in [0.15, 0.2) is 53.0 Å². The van der Waals surface area contributed by atoms with Crippen molar-refractivity contribution in [1.82, 2.24) is 4.90 Å². The molecule has 0 heterocycles. The van der Waals surface area contributed by atoms with E-state index in [9.17, 15) is 4.79 Å². The Balaban J connectivity index is 2.02. The van der Waals surface area contributed by atoms with Crippen LogP contribution in [0.25, 0.3) is 0 Å². The number of benzene rings is 2. The Kier molecular flexibility index (Phi) is 4.93. The van der Waals surface area contributed by atoms with Crippen molar-refractivity contribution in [2.75, 3.05) is 19.4 Å². The zero-order chi connectivity index (χ0) is 14.5. The molecule has 3 nitrogen and oxygen atoms in total. The highest BCUT2D eigenvalue weighted by atomic mass is 79.9. The third-order valence-electron chi connectivity index (χ3n) is 2.82. The molecular formula is C16H17BrN2O. The summed E-state index contributed by atoms with van der Waals surface area (Å²) in [4.78, 5) is 14.2. The van der Waals surface area contributed by atoms with Crippen molar-refractivity contribution in [1.29, 1.82) is 0 Å². The summed E-state index contributed by atoms with van der Waals surface area (Å²) >= 11 is 3.35. The van der Waals surface area contributed by atoms with E-state index in [2.05, 4.69) is 26.1 Å². The van der Waals surface area contributed by atoms with Crippen LogP contribution in [0.5, 0.6) is 0 Å². The Hall–Kier alpha value is -1.65. The molecule has 2 rings (SSSR count). The first-order valence-corrected chi connectivity index (χ1v) is 7.14. The first-order chi connectivity index (χ1) is 9.54. The van der Waals surface area contributed by atoms with Gasteiger partial charge in [0.25, 0.3) is 5.91 Å². The second-order valence-electron chi connectivity index (χ2n) is 4.90. The number of anilines is 1. The Morgan fingerprint density at radius 3 is 2.20 bits per heavy atom. The summed E-state index contributed by atoms with van der Waals surface area (Å²) in [6, 6.07) is 15.2. The molecule has 0 atom stereocenters. The minimum atomic E-state index is -0.0992. The number of hydrogen-bond donors (Lipinski definition) is 1. The summed E-state index contributed by atoms with van der Waals surface area (Å²) in [5.41, 5.74) is 2.67. The smallest absolute Gasteiger partial charge is 0.255 e. The standard InChI is InChI=1S/C16H17BrN2O/c1-19(2)11-12-3-9-15(10-4-12)18-16(20)13-5-7-14(17)8-6-13/h3-10H,11H2,1-2H3,(H,18,20). The lowest BCUT2D eigenvalue weighted by Gasteiger charge is -2.10. The molecule has 0 unspecified atom stereocenters. The molecule has 1 amide bonds. The van der Waals surface area contributed by atoms with Crippen LogP contribution in [0.4, 0.5) is 5.69 Å². The van der Waals surface area contributed by atoms with Gasteiger partial charge in [0.05, 0.1) is 0 Å². The van der Waals surface area contributed by atoms with Gasteiger partial charge in [-0.25, -0.2) is 0 Å². The fraction of sp³-hybridized carbons (Fsp3) is 0.188. The van der Waals surface area contributed by atoms with E-state index in [0.29, 0.717) is 5.56 Å². The van der Waals surface area contributed by atoms with Gasteiger partial charge >= 0.3 is 0 Å². The molecule has 0 saturated carbocycles. The molecule has 0 saturated heterocycles. The lowest BCUT2D eigenvalue weighted by molar-refractivity contribution is 0.102. The number of rotatable bonds is 4. The van der Waals surface area contributed by atoms with Crippen LogP contribution < -0.4 is 5.32 Å². The maximum atomic E-state index is 12.1. The van der Waals surface area contributed by atoms with E-state index >= 15 is 0 Å². The summed E-state index contributed by atoms with van der Waals surface area (Å²) in [7, 11) is 4.06. The van der Waals surface area contributed by atoms with Crippen molar-refractivity contribution in [2.24, 2.45) is 0 Å². The van der Waals surface area contributed by atoms with Crippen LogP contribution in [-0.2, 0) is 6.54 Å². The third-order valence-corrected chi connectivity index (χ3v) is 3.35. The van der Waals surface area contributed by atoms with Crippen LogP contribution in [0.3, 0.4) is 0 Å². The highest BCUT2D eigenvalue weighted by Crippen LogP contribution is 2.14. The summed E-state index contributed by atoms with van der Waals surface area (Å²) in [5, 5.41) is 2.89. The fourth-order valence-corrected chi connectivity index (χ4v) is 2.13. The molecule has 0 aliphatic carbocycles. The Morgan fingerprint density at radius 1 is 1.05 bits per heavy atom. The average molecular weight is 333 g/mol. The molecule has 0 aliphatic rings. The second-order valence-corrected chi connectivity index (χ2v) is 5.81. The highest BCUT2D eigenvalue weighted by Gasteiger charge is 2.05. The fourth-order valence-electron chi connectivity index (χ4n) is 1.86. The van der Waals surface area contributed by atoms with Crippen LogP contribution in [0.1, 0.15) is 15.9 Å². The van der Waals surface area contributed by atoms with Crippen LogP contribution in [-0.4, -0.2) is 24.9 Å². The van der Waals surface area contributed by atoms with Gasteiger partial charge in [0, 0.05) is 22.3 Å². The van der Waals surface area contributed by atoms with Crippen molar-refractivity contribution in [3.8, 4) is 0 Å². The number of halogens is 1. The Labute approximate surface area is 127 Å². The van der Waals surface area contributed by atoms with Crippen LogP contribution in [0.2, 0.25) is 0 Å². The number of nitrogens with one attached hydrogen (secondary N) is 1. The Bertz CT molecular complexity index is 576. The largest absolute Gasteiger partial charge is 0.322 e. The zero-order valence-electron chi connectivity index (χ0n) is 11.6. The van der Waals surface area contributed by atoms with Gasteiger partial charge in [0.15, 0.2) is 0 Å². The van der Waals surface area contributed by atoms with E-state index in [1.807, 2.05) is 50.5 Å². The van der Waals surface area contributed by atoms with Gasteiger partial charge in [-0.2, -0.15) is 0 Å². The van der Waals surface area contributed by atoms with E-state index < -0.39 is 0 Å². The normalized spacial score (nSPS) is 10.6. The first kappa shape index (κ1) is 14.8. The van der Waals surface area contributed by atoms with Crippen molar-refractivity contribution < 1.29 is 4.79 Å². The third kappa shape index (κ3) is 4.18. The van der Waals surface area contributed by atoms with Gasteiger partial charge in [0.2, 0.25) is 0 Å². The number of carbonyl (C=O) groups is 1. The Morgan fingerprint density at radius 2 is 1.65 bits per heavy atom.